The Hall–Kier alpha value is 0.660. The molecule has 4 unspecified atom stereocenters. The quantitative estimate of drug-likeness (QED) is 0.287. The van der Waals surface area contributed by atoms with E-state index in [9.17, 15) is 0 Å². The van der Waals surface area contributed by atoms with Crippen molar-refractivity contribution in [1.29, 1.82) is 0 Å². The average Bonchev–Trinajstić information content (AvgIpc) is 2.56. The van der Waals surface area contributed by atoms with Crippen molar-refractivity contribution in [3.63, 3.8) is 0 Å². The van der Waals surface area contributed by atoms with Crippen LogP contribution in [0.4, 0.5) is 0 Å². The second-order valence-corrected chi connectivity index (χ2v) is 7.75. The lowest BCUT2D eigenvalue weighted by Crippen LogP contribution is -2.34. The molecule has 23 heavy (non-hydrogen) atoms. The van der Waals surface area contributed by atoms with Crippen LogP contribution in [0.1, 0.15) is 91.9 Å². The molecular formula is C20H42OS2. The maximum Gasteiger partial charge on any atom is 0.0614 e. The molecule has 0 aliphatic rings. The van der Waals surface area contributed by atoms with Gasteiger partial charge in [0.05, 0.1) is 12.2 Å². The fourth-order valence-corrected chi connectivity index (χ4v) is 4.06. The Labute approximate surface area is 157 Å². The first kappa shape index (κ1) is 23.7. The standard InChI is InChI=1S/C20H42OS2/c1-5-9-11-17(7-3)19(13-15-22)21-20(14-16-23)18(8-4)12-10-6-2/h17-20,22-23H,5-16H2,1-4H3. The van der Waals surface area contributed by atoms with E-state index >= 15 is 0 Å². The smallest absolute Gasteiger partial charge is 0.0614 e. The van der Waals surface area contributed by atoms with E-state index in [0.29, 0.717) is 24.0 Å². The Morgan fingerprint density at radius 3 is 1.30 bits per heavy atom. The molecule has 0 aliphatic heterocycles. The van der Waals surface area contributed by atoms with Crippen molar-refractivity contribution in [2.45, 2.75) is 104 Å². The van der Waals surface area contributed by atoms with Gasteiger partial charge < -0.3 is 4.74 Å². The highest BCUT2D eigenvalue weighted by Gasteiger charge is 2.27. The van der Waals surface area contributed by atoms with Gasteiger partial charge in [-0.15, -0.1) is 0 Å². The van der Waals surface area contributed by atoms with Crippen molar-refractivity contribution in [2.24, 2.45) is 11.8 Å². The first-order valence-corrected chi connectivity index (χ1v) is 11.3. The highest BCUT2D eigenvalue weighted by molar-refractivity contribution is 7.80. The van der Waals surface area contributed by atoms with Gasteiger partial charge in [0, 0.05) is 0 Å². The van der Waals surface area contributed by atoms with Gasteiger partial charge in [0.2, 0.25) is 0 Å². The number of hydrogen-bond acceptors (Lipinski definition) is 3. The van der Waals surface area contributed by atoms with Gasteiger partial charge in [0.25, 0.3) is 0 Å². The largest absolute Gasteiger partial charge is 0.374 e. The Morgan fingerprint density at radius 2 is 1.04 bits per heavy atom. The Morgan fingerprint density at radius 1 is 0.652 bits per heavy atom. The van der Waals surface area contributed by atoms with E-state index in [1.165, 1.54) is 51.4 Å². The van der Waals surface area contributed by atoms with E-state index in [2.05, 4.69) is 53.0 Å². The molecule has 0 amide bonds. The number of thiol groups is 2. The summed E-state index contributed by atoms with van der Waals surface area (Å²) in [6.45, 7) is 9.19. The first-order chi connectivity index (χ1) is 11.2. The van der Waals surface area contributed by atoms with Crippen LogP contribution < -0.4 is 0 Å². The second kappa shape index (κ2) is 16.1. The summed E-state index contributed by atoms with van der Waals surface area (Å²) in [5, 5.41) is 0. The molecule has 3 heteroatoms. The zero-order chi connectivity index (χ0) is 17.5. The van der Waals surface area contributed by atoms with Gasteiger partial charge >= 0.3 is 0 Å². The third-order valence-corrected chi connectivity index (χ3v) is 5.65. The van der Waals surface area contributed by atoms with Crippen molar-refractivity contribution in [3.05, 3.63) is 0 Å². The summed E-state index contributed by atoms with van der Waals surface area (Å²) < 4.78 is 6.73. The fraction of sp³-hybridized carbons (Fsp3) is 1.00. The zero-order valence-corrected chi connectivity index (χ0v) is 17.9. The van der Waals surface area contributed by atoms with Gasteiger partial charge in [0.15, 0.2) is 0 Å². The second-order valence-electron chi connectivity index (χ2n) is 6.86. The van der Waals surface area contributed by atoms with Crippen LogP contribution in [0.2, 0.25) is 0 Å². The molecule has 0 spiro atoms. The fourth-order valence-electron chi connectivity index (χ4n) is 3.55. The molecule has 0 fully saturated rings. The molecule has 4 atom stereocenters. The van der Waals surface area contributed by atoms with Crippen LogP contribution in [-0.2, 0) is 4.74 Å². The van der Waals surface area contributed by atoms with Crippen LogP contribution in [-0.4, -0.2) is 23.7 Å². The Balaban J connectivity index is 4.88. The van der Waals surface area contributed by atoms with Crippen molar-refractivity contribution < 1.29 is 4.74 Å². The molecule has 0 aromatic rings. The molecule has 0 aromatic heterocycles. The lowest BCUT2D eigenvalue weighted by Gasteiger charge is -2.34. The van der Waals surface area contributed by atoms with Crippen molar-refractivity contribution in [3.8, 4) is 0 Å². The molecule has 0 saturated carbocycles. The Bertz CT molecular complexity index is 224. The molecule has 0 radical (unpaired) electrons. The molecule has 0 saturated heterocycles. The number of ether oxygens (including phenoxy) is 1. The lowest BCUT2D eigenvalue weighted by atomic mass is 9.89. The molecule has 1 nitrogen and oxygen atoms in total. The summed E-state index contributed by atoms with van der Waals surface area (Å²) in [5.74, 6) is 3.22. The van der Waals surface area contributed by atoms with Crippen LogP contribution in [0.3, 0.4) is 0 Å². The van der Waals surface area contributed by atoms with Crippen molar-refractivity contribution in [2.75, 3.05) is 11.5 Å². The van der Waals surface area contributed by atoms with E-state index in [4.69, 9.17) is 4.74 Å². The Kier molecular flexibility index (Phi) is 16.6. The van der Waals surface area contributed by atoms with Gasteiger partial charge in [0.1, 0.15) is 0 Å². The van der Waals surface area contributed by atoms with E-state index in [1.54, 1.807) is 0 Å². The van der Waals surface area contributed by atoms with E-state index in [0.717, 1.165) is 24.3 Å². The third-order valence-electron chi connectivity index (χ3n) is 5.13. The zero-order valence-electron chi connectivity index (χ0n) is 16.1. The molecular weight excluding hydrogens is 320 g/mol. The minimum Gasteiger partial charge on any atom is -0.374 e. The normalized spacial score (nSPS) is 17.0. The first-order valence-electron chi connectivity index (χ1n) is 10.0. The van der Waals surface area contributed by atoms with Gasteiger partial charge in [-0.25, -0.2) is 0 Å². The highest BCUT2D eigenvalue weighted by atomic mass is 32.1. The van der Waals surface area contributed by atoms with Crippen molar-refractivity contribution in [1.82, 2.24) is 0 Å². The minimum atomic E-state index is 0.379. The SMILES string of the molecule is CCCCC(CC)C(CCS)OC(CCS)C(CC)CCCC. The molecule has 0 aromatic carbocycles. The van der Waals surface area contributed by atoms with Gasteiger partial charge in [-0.2, -0.15) is 25.3 Å². The summed E-state index contributed by atoms with van der Waals surface area (Å²) in [4.78, 5) is 0. The maximum absolute atomic E-state index is 6.73. The van der Waals surface area contributed by atoms with Crippen LogP contribution >= 0.6 is 25.3 Å². The topological polar surface area (TPSA) is 9.23 Å². The molecule has 140 valence electrons. The predicted octanol–water partition coefficient (Wildman–Crippen LogP) is 6.81. The molecule has 0 aliphatic carbocycles. The summed E-state index contributed by atoms with van der Waals surface area (Å²) in [6.07, 6.45) is 13.1. The minimum absolute atomic E-state index is 0.379. The van der Waals surface area contributed by atoms with Crippen LogP contribution in [0.15, 0.2) is 0 Å². The summed E-state index contributed by atoms with van der Waals surface area (Å²) in [7, 11) is 0. The highest BCUT2D eigenvalue weighted by Crippen LogP contribution is 2.29. The summed E-state index contributed by atoms with van der Waals surface area (Å²) in [6, 6.07) is 0. The van der Waals surface area contributed by atoms with Gasteiger partial charge in [-0.05, 0) is 49.0 Å². The summed E-state index contributed by atoms with van der Waals surface area (Å²) >= 11 is 8.99. The van der Waals surface area contributed by atoms with Gasteiger partial charge in [-0.1, -0.05) is 66.2 Å². The monoisotopic (exact) mass is 362 g/mol. The van der Waals surface area contributed by atoms with E-state index < -0.39 is 0 Å². The molecule has 0 rings (SSSR count). The van der Waals surface area contributed by atoms with E-state index in [-0.39, 0.29) is 0 Å². The molecule has 0 N–H and O–H groups in total. The predicted molar refractivity (Wildman–Crippen MR) is 112 cm³/mol. The average molecular weight is 363 g/mol. The van der Waals surface area contributed by atoms with Gasteiger partial charge in [-0.3, -0.25) is 0 Å². The van der Waals surface area contributed by atoms with Crippen LogP contribution in [0, 0.1) is 11.8 Å². The number of hydrogen-bond donors (Lipinski definition) is 2. The van der Waals surface area contributed by atoms with E-state index in [1.807, 2.05) is 0 Å². The van der Waals surface area contributed by atoms with Crippen molar-refractivity contribution >= 4 is 25.3 Å². The van der Waals surface area contributed by atoms with Crippen LogP contribution in [0.25, 0.3) is 0 Å². The maximum atomic E-state index is 6.73. The molecule has 0 heterocycles. The lowest BCUT2D eigenvalue weighted by molar-refractivity contribution is -0.0755. The molecule has 0 bridgehead atoms. The summed E-state index contributed by atoms with van der Waals surface area (Å²) in [5.41, 5.74) is 0. The number of rotatable bonds is 16. The van der Waals surface area contributed by atoms with Crippen LogP contribution in [0.5, 0.6) is 0 Å². The number of unbranched alkanes of at least 4 members (excludes halogenated alkanes) is 2. The third kappa shape index (κ3) is 10.3.